The molecule has 3 rings (SSSR count). The van der Waals surface area contributed by atoms with Crippen molar-refractivity contribution in [3.63, 3.8) is 0 Å². The summed E-state index contributed by atoms with van der Waals surface area (Å²) >= 11 is 0. The van der Waals surface area contributed by atoms with Gasteiger partial charge in [0.05, 0.1) is 17.1 Å². The third-order valence-corrected chi connectivity index (χ3v) is 6.62. The molecule has 0 saturated heterocycles. The Morgan fingerprint density at radius 1 is 0.947 bits per heavy atom. The van der Waals surface area contributed by atoms with E-state index in [0.717, 1.165) is 24.6 Å². The summed E-state index contributed by atoms with van der Waals surface area (Å²) in [4.78, 5) is 40.1. The average Bonchev–Trinajstić information content (AvgIpc) is 2.92. The van der Waals surface area contributed by atoms with Gasteiger partial charge in [-0.1, -0.05) is 43.7 Å². The van der Waals surface area contributed by atoms with Crippen LogP contribution in [0.4, 0.5) is 0 Å². The van der Waals surface area contributed by atoms with Crippen LogP contribution in [-0.4, -0.2) is 50.9 Å². The Bertz CT molecular complexity index is 1330. The van der Waals surface area contributed by atoms with Crippen LogP contribution in [0.1, 0.15) is 46.2 Å². The van der Waals surface area contributed by atoms with Crippen LogP contribution in [0.3, 0.4) is 0 Å². The van der Waals surface area contributed by atoms with Gasteiger partial charge in [0.1, 0.15) is 11.4 Å². The number of benzene rings is 2. The number of nitrogens with zero attached hydrogens (tertiary/aromatic N) is 1. The summed E-state index contributed by atoms with van der Waals surface area (Å²) in [6.45, 7) is 2.47. The maximum absolute atomic E-state index is 12.6. The average molecular weight is 540 g/mol. The minimum Gasteiger partial charge on any atom is -0.484 e. The van der Waals surface area contributed by atoms with Gasteiger partial charge in [-0.25, -0.2) is 22.9 Å². The fourth-order valence-corrected chi connectivity index (χ4v) is 4.14. The molecule has 2 N–H and O–H groups in total. The molecule has 0 aliphatic carbocycles. The standard InChI is InChI=1S/C27H29N3O7S/c1-2-3-17-36-27(33)24-14-11-21(18-29-24)26(32)30-38(34,35)23-12-9-20(10-13-23)15-16-28-25(31)19-37-22-7-5-4-6-8-22/h4-14,18H,2-3,15-17,19H2,1H3,(H,28,31)(H,30,32). The van der Waals surface area contributed by atoms with Crippen molar-refractivity contribution in [3.05, 3.63) is 89.7 Å². The van der Waals surface area contributed by atoms with Gasteiger partial charge in [0.15, 0.2) is 6.61 Å². The molecule has 3 aromatic rings. The first-order valence-electron chi connectivity index (χ1n) is 12.0. The Labute approximate surface area is 221 Å². The summed E-state index contributed by atoms with van der Waals surface area (Å²) < 4.78 is 37.7. The van der Waals surface area contributed by atoms with Gasteiger partial charge >= 0.3 is 5.97 Å². The molecule has 11 heteroatoms. The Balaban J connectivity index is 1.47. The minimum absolute atomic E-state index is 0.0241. The van der Waals surface area contributed by atoms with E-state index < -0.39 is 21.9 Å². The second kappa shape index (κ2) is 13.9. The van der Waals surface area contributed by atoms with Crippen LogP contribution in [0.2, 0.25) is 0 Å². The number of carbonyl (C=O) groups is 3. The van der Waals surface area contributed by atoms with Crippen molar-refractivity contribution in [3.8, 4) is 5.75 Å². The zero-order valence-corrected chi connectivity index (χ0v) is 21.7. The van der Waals surface area contributed by atoms with Gasteiger partial charge in [-0.3, -0.25) is 9.59 Å². The van der Waals surface area contributed by atoms with Gasteiger partial charge in [0, 0.05) is 12.7 Å². The van der Waals surface area contributed by atoms with Crippen molar-refractivity contribution in [2.45, 2.75) is 31.1 Å². The highest BCUT2D eigenvalue weighted by Crippen LogP contribution is 2.12. The number of carbonyl (C=O) groups excluding carboxylic acids is 3. The molecule has 1 heterocycles. The number of para-hydroxylation sites is 1. The highest BCUT2D eigenvalue weighted by atomic mass is 32.2. The molecule has 1 aromatic heterocycles. The molecule has 0 aliphatic heterocycles. The smallest absolute Gasteiger partial charge is 0.356 e. The summed E-state index contributed by atoms with van der Waals surface area (Å²) in [6.07, 6.45) is 3.19. The zero-order valence-electron chi connectivity index (χ0n) is 20.9. The summed E-state index contributed by atoms with van der Waals surface area (Å²) in [5.74, 6) is -1.17. The molecule has 0 fully saturated rings. The molecule has 0 bridgehead atoms. The largest absolute Gasteiger partial charge is 0.484 e. The molecule has 0 spiro atoms. The normalized spacial score (nSPS) is 10.9. The van der Waals surface area contributed by atoms with E-state index in [2.05, 4.69) is 10.3 Å². The molecular formula is C27H29N3O7S. The molecule has 0 aliphatic rings. The van der Waals surface area contributed by atoms with Crippen molar-refractivity contribution in [2.24, 2.45) is 0 Å². The lowest BCUT2D eigenvalue weighted by atomic mass is 10.1. The predicted molar refractivity (Wildman–Crippen MR) is 139 cm³/mol. The molecule has 10 nitrogen and oxygen atoms in total. The first-order valence-corrected chi connectivity index (χ1v) is 13.5. The Morgan fingerprint density at radius 3 is 2.34 bits per heavy atom. The van der Waals surface area contributed by atoms with E-state index in [0.29, 0.717) is 18.7 Å². The quantitative estimate of drug-likeness (QED) is 0.250. The Hall–Kier alpha value is -4.25. The second-order valence-electron chi connectivity index (χ2n) is 8.20. The topological polar surface area (TPSA) is 141 Å². The van der Waals surface area contributed by atoms with Crippen LogP contribution in [-0.2, 0) is 26.0 Å². The van der Waals surface area contributed by atoms with E-state index in [1.54, 1.807) is 24.3 Å². The van der Waals surface area contributed by atoms with Gasteiger partial charge in [0.25, 0.3) is 21.8 Å². The van der Waals surface area contributed by atoms with E-state index in [1.165, 1.54) is 24.3 Å². The molecule has 0 unspecified atom stereocenters. The van der Waals surface area contributed by atoms with Crippen LogP contribution in [0, 0.1) is 0 Å². The van der Waals surface area contributed by atoms with Gasteiger partial charge in [-0.15, -0.1) is 0 Å². The van der Waals surface area contributed by atoms with Crippen molar-refractivity contribution in [1.29, 1.82) is 0 Å². The number of rotatable bonds is 13. The van der Waals surface area contributed by atoms with Crippen LogP contribution in [0.5, 0.6) is 5.75 Å². The summed E-state index contributed by atoms with van der Waals surface area (Å²) in [6, 6.07) is 17.5. The molecule has 200 valence electrons. The second-order valence-corrected chi connectivity index (χ2v) is 9.88. The predicted octanol–water partition coefficient (Wildman–Crippen LogP) is 2.89. The van der Waals surface area contributed by atoms with E-state index in [4.69, 9.17) is 9.47 Å². The third-order valence-electron chi connectivity index (χ3n) is 5.28. The molecule has 0 atom stereocenters. The fraction of sp³-hybridized carbons (Fsp3) is 0.259. The van der Waals surface area contributed by atoms with Crippen LogP contribution in [0.25, 0.3) is 0 Å². The molecule has 2 amide bonds. The Kier molecular flexibility index (Phi) is 10.4. The highest BCUT2D eigenvalue weighted by molar-refractivity contribution is 7.90. The van der Waals surface area contributed by atoms with Crippen molar-refractivity contribution in [2.75, 3.05) is 19.8 Å². The number of hydrogen-bond acceptors (Lipinski definition) is 8. The molecular weight excluding hydrogens is 510 g/mol. The van der Waals surface area contributed by atoms with Crippen LogP contribution >= 0.6 is 0 Å². The first kappa shape index (κ1) is 28.3. The molecule has 2 aromatic carbocycles. The molecule has 38 heavy (non-hydrogen) atoms. The third kappa shape index (κ3) is 8.70. The number of hydrogen-bond donors (Lipinski definition) is 2. The number of esters is 1. The summed E-state index contributed by atoms with van der Waals surface area (Å²) in [5.41, 5.74) is 0.795. The van der Waals surface area contributed by atoms with Crippen molar-refractivity contribution in [1.82, 2.24) is 15.0 Å². The maximum atomic E-state index is 12.6. The number of pyridine rings is 1. The lowest BCUT2D eigenvalue weighted by molar-refractivity contribution is -0.123. The minimum atomic E-state index is -4.14. The number of aromatic nitrogens is 1. The van der Waals surface area contributed by atoms with E-state index in [-0.39, 0.29) is 35.3 Å². The summed E-state index contributed by atoms with van der Waals surface area (Å²) in [5, 5.41) is 2.74. The van der Waals surface area contributed by atoms with Gasteiger partial charge < -0.3 is 14.8 Å². The number of ether oxygens (including phenoxy) is 2. The maximum Gasteiger partial charge on any atom is 0.356 e. The monoisotopic (exact) mass is 539 g/mol. The lowest BCUT2D eigenvalue weighted by Gasteiger charge is -2.09. The van der Waals surface area contributed by atoms with E-state index in [9.17, 15) is 22.8 Å². The lowest BCUT2D eigenvalue weighted by Crippen LogP contribution is -2.31. The van der Waals surface area contributed by atoms with Gasteiger partial charge in [-0.2, -0.15) is 0 Å². The SMILES string of the molecule is CCCCOC(=O)c1ccc(C(=O)NS(=O)(=O)c2ccc(CCNC(=O)COc3ccccc3)cc2)cn1. The van der Waals surface area contributed by atoms with Crippen molar-refractivity contribution < 1.29 is 32.3 Å². The highest BCUT2D eigenvalue weighted by Gasteiger charge is 2.19. The number of unbranched alkanes of at least 4 members (excludes halogenated alkanes) is 1. The Morgan fingerprint density at radius 2 is 1.68 bits per heavy atom. The van der Waals surface area contributed by atoms with Gasteiger partial charge in [0.2, 0.25) is 0 Å². The van der Waals surface area contributed by atoms with Crippen molar-refractivity contribution >= 4 is 27.8 Å². The molecule has 0 saturated carbocycles. The van der Waals surface area contributed by atoms with E-state index >= 15 is 0 Å². The van der Waals surface area contributed by atoms with E-state index in [1.807, 2.05) is 29.8 Å². The first-order chi connectivity index (χ1) is 18.3. The summed E-state index contributed by atoms with van der Waals surface area (Å²) in [7, 11) is -4.14. The fourth-order valence-electron chi connectivity index (χ4n) is 3.17. The number of sulfonamides is 1. The zero-order chi connectivity index (χ0) is 27.4. The van der Waals surface area contributed by atoms with Crippen LogP contribution in [0.15, 0.2) is 77.8 Å². The van der Waals surface area contributed by atoms with Crippen LogP contribution < -0.4 is 14.8 Å². The van der Waals surface area contributed by atoms with Gasteiger partial charge in [-0.05, 0) is 54.8 Å². The number of nitrogens with one attached hydrogen (secondary N) is 2. The number of amides is 2. The molecule has 0 radical (unpaired) electrons.